The summed E-state index contributed by atoms with van der Waals surface area (Å²) in [6.07, 6.45) is 0. The molecule has 0 aliphatic carbocycles. The van der Waals surface area contributed by atoms with Gasteiger partial charge in [-0.3, -0.25) is 0 Å². The fourth-order valence-corrected chi connectivity index (χ4v) is 3.24. The molecule has 1 aliphatic rings. The first-order valence-electron chi connectivity index (χ1n) is 9.00. The molecule has 3 aromatic carbocycles. The summed E-state index contributed by atoms with van der Waals surface area (Å²) in [7, 11) is 0. The molecule has 7 heteroatoms. The van der Waals surface area contributed by atoms with Gasteiger partial charge in [-0.2, -0.15) is 0 Å². The molecule has 0 bridgehead atoms. The first kappa shape index (κ1) is 19.6. The Balaban J connectivity index is 1.90. The Morgan fingerprint density at radius 1 is 1.07 bits per heavy atom. The van der Waals surface area contributed by atoms with Gasteiger partial charge in [-0.25, -0.2) is 18.4 Å². The Hall–Kier alpha value is -3.74. The zero-order chi connectivity index (χ0) is 21.6. The van der Waals surface area contributed by atoms with Crippen LogP contribution in [0.4, 0.5) is 8.78 Å². The van der Waals surface area contributed by atoms with Gasteiger partial charge in [-0.05, 0) is 30.5 Å². The summed E-state index contributed by atoms with van der Waals surface area (Å²) in [6.45, 7) is 6.40. The molecule has 0 saturated carbocycles. The number of halogens is 2. The summed E-state index contributed by atoms with van der Waals surface area (Å²) in [4.78, 5) is 25.1. The quantitative estimate of drug-likeness (QED) is 0.345. The molecule has 0 amide bonds. The van der Waals surface area contributed by atoms with Gasteiger partial charge in [0.2, 0.25) is 0 Å². The van der Waals surface area contributed by atoms with Crippen molar-refractivity contribution >= 4 is 22.7 Å². The van der Waals surface area contributed by atoms with Gasteiger partial charge in [-0.1, -0.05) is 30.8 Å². The van der Waals surface area contributed by atoms with Crippen molar-refractivity contribution in [2.24, 2.45) is 0 Å². The number of hydrogen-bond acceptors (Lipinski definition) is 5. The monoisotopic (exact) mass is 410 g/mol. The molecule has 0 saturated heterocycles. The van der Waals surface area contributed by atoms with Crippen molar-refractivity contribution in [2.45, 2.75) is 19.6 Å². The molecule has 30 heavy (non-hydrogen) atoms. The summed E-state index contributed by atoms with van der Waals surface area (Å²) in [5.41, 5.74) is 0.0205. The highest BCUT2D eigenvalue weighted by Gasteiger charge is 2.43. The Morgan fingerprint density at radius 3 is 2.40 bits per heavy atom. The SMILES string of the molecule is C=C(C)C(=O)Oc1c2c(cc3ccccc13)OC(C)(c1cc(F)cc(F)c1)OC2=O. The molecule has 5 nitrogen and oxygen atoms in total. The minimum absolute atomic E-state index is 0.0207. The van der Waals surface area contributed by atoms with Crippen LogP contribution in [0.5, 0.6) is 11.5 Å². The predicted octanol–water partition coefficient (Wildman–Crippen LogP) is 5.02. The average Bonchev–Trinajstić information content (AvgIpc) is 2.66. The van der Waals surface area contributed by atoms with E-state index in [1.807, 2.05) is 0 Å². The fourth-order valence-electron chi connectivity index (χ4n) is 3.24. The van der Waals surface area contributed by atoms with Crippen LogP contribution in [0.15, 0.2) is 60.7 Å². The third-order valence-corrected chi connectivity index (χ3v) is 4.69. The van der Waals surface area contributed by atoms with Crippen molar-refractivity contribution in [3.8, 4) is 11.5 Å². The van der Waals surface area contributed by atoms with E-state index >= 15 is 0 Å². The van der Waals surface area contributed by atoms with Crippen LogP contribution in [-0.4, -0.2) is 11.9 Å². The molecule has 0 radical (unpaired) electrons. The molecule has 1 aliphatic heterocycles. The van der Waals surface area contributed by atoms with Crippen LogP contribution in [0.25, 0.3) is 10.8 Å². The summed E-state index contributed by atoms with van der Waals surface area (Å²) in [5, 5.41) is 1.12. The second-order valence-electron chi connectivity index (χ2n) is 7.07. The van der Waals surface area contributed by atoms with E-state index in [1.54, 1.807) is 30.3 Å². The van der Waals surface area contributed by atoms with E-state index in [4.69, 9.17) is 14.2 Å². The number of hydrogen-bond donors (Lipinski definition) is 0. The third-order valence-electron chi connectivity index (χ3n) is 4.69. The van der Waals surface area contributed by atoms with E-state index in [2.05, 4.69) is 6.58 Å². The van der Waals surface area contributed by atoms with E-state index < -0.39 is 29.4 Å². The molecule has 1 unspecified atom stereocenters. The molecular weight excluding hydrogens is 394 g/mol. The highest BCUT2D eigenvalue weighted by atomic mass is 19.1. The molecule has 4 rings (SSSR count). The van der Waals surface area contributed by atoms with Gasteiger partial charge in [0.15, 0.2) is 5.75 Å². The highest BCUT2D eigenvalue weighted by molar-refractivity contribution is 6.06. The number of rotatable bonds is 3. The topological polar surface area (TPSA) is 61.8 Å². The zero-order valence-corrected chi connectivity index (χ0v) is 16.1. The van der Waals surface area contributed by atoms with Crippen molar-refractivity contribution in [3.05, 3.63) is 83.4 Å². The normalized spacial score (nSPS) is 17.7. The third kappa shape index (κ3) is 3.28. The number of benzene rings is 3. The summed E-state index contributed by atoms with van der Waals surface area (Å²) < 4.78 is 44.2. The van der Waals surface area contributed by atoms with Gasteiger partial charge in [0.1, 0.15) is 22.9 Å². The molecule has 1 atom stereocenters. The van der Waals surface area contributed by atoms with Crippen molar-refractivity contribution in [1.82, 2.24) is 0 Å². The minimum Gasteiger partial charge on any atom is -0.447 e. The number of fused-ring (bicyclic) bond motifs is 2. The maximum atomic E-state index is 13.7. The first-order valence-corrected chi connectivity index (χ1v) is 9.00. The fraction of sp³-hybridized carbons (Fsp3) is 0.130. The van der Waals surface area contributed by atoms with Gasteiger partial charge in [0.05, 0.1) is 0 Å². The van der Waals surface area contributed by atoms with Crippen LogP contribution in [0.1, 0.15) is 29.8 Å². The second kappa shape index (κ2) is 6.95. The van der Waals surface area contributed by atoms with E-state index in [0.29, 0.717) is 16.8 Å². The van der Waals surface area contributed by atoms with Crippen LogP contribution in [0, 0.1) is 11.6 Å². The first-order chi connectivity index (χ1) is 14.2. The summed E-state index contributed by atoms with van der Waals surface area (Å²) in [6, 6.07) is 11.2. The standard InChI is InChI=1S/C23H16F2O5/c1-12(2)21(26)28-20-17-7-5-4-6-13(17)8-18-19(20)22(27)30-23(3,29-18)14-9-15(24)11-16(25)10-14/h4-11H,1H2,2-3H3. The Morgan fingerprint density at radius 2 is 1.73 bits per heavy atom. The van der Waals surface area contributed by atoms with Crippen LogP contribution < -0.4 is 9.47 Å². The lowest BCUT2D eigenvalue weighted by atomic mass is 10.0. The molecule has 0 N–H and O–H groups in total. The van der Waals surface area contributed by atoms with Gasteiger partial charge in [0.25, 0.3) is 5.79 Å². The maximum absolute atomic E-state index is 13.7. The van der Waals surface area contributed by atoms with Gasteiger partial charge in [-0.15, -0.1) is 0 Å². The van der Waals surface area contributed by atoms with Crippen molar-refractivity contribution in [2.75, 3.05) is 0 Å². The van der Waals surface area contributed by atoms with Crippen molar-refractivity contribution < 1.29 is 32.6 Å². The number of carbonyl (C=O) groups excluding carboxylic acids is 2. The number of cyclic esters (lactones) is 1. The largest absolute Gasteiger partial charge is 0.447 e. The lowest BCUT2D eigenvalue weighted by Gasteiger charge is -2.35. The lowest BCUT2D eigenvalue weighted by Crippen LogP contribution is -2.40. The van der Waals surface area contributed by atoms with Crippen LogP contribution >= 0.6 is 0 Å². The van der Waals surface area contributed by atoms with E-state index in [0.717, 1.165) is 12.1 Å². The van der Waals surface area contributed by atoms with Crippen molar-refractivity contribution in [3.63, 3.8) is 0 Å². The van der Waals surface area contributed by atoms with Crippen molar-refractivity contribution in [1.29, 1.82) is 0 Å². The van der Waals surface area contributed by atoms with Gasteiger partial charge >= 0.3 is 11.9 Å². The van der Waals surface area contributed by atoms with Gasteiger partial charge in [0, 0.05) is 29.5 Å². The maximum Gasteiger partial charge on any atom is 0.349 e. The lowest BCUT2D eigenvalue weighted by molar-refractivity contribution is -0.149. The molecule has 0 aromatic heterocycles. The predicted molar refractivity (Wildman–Crippen MR) is 104 cm³/mol. The van der Waals surface area contributed by atoms with E-state index in [1.165, 1.54) is 13.8 Å². The summed E-state index contributed by atoms with van der Waals surface area (Å²) >= 11 is 0. The Kier molecular flexibility index (Phi) is 4.53. The second-order valence-corrected chi connectivity index (χ2v) is 7.07. The molecule has 1 heterocycles. The molecule has 3 aromatic rings. The molecular formula is C23H16F2O5. The molecule has 0 fully saturated rings. The van der Waals surface area contributed by atoms with E-state index in [9.17, 15) is 18.4 Å². The number of carbonyl (C=O) groups is 2. The Labute approximate surface area is 170 Å². The van der Waals surface area contributed by atoms with Crippen LogP contribution in [-0.2, 0) is 15.3 Å². The zero-order valence-electron chi connectivity index (χ0n) is 16.1. The highest BCUT2D eigenvalue weighted by Crippen LogP contribution is 2.45. The minimum atomic E-state index is -1.79. The molecule has 152 valence electrons. The Bertz CT molecular complexity index is 1210. The van der Waals surface area contributed by atoms with Crippen LogP contribution in [0.3, 0.4) is 0 Å². The number of esters is 2. The van der Waals surface area contributed by atoms with Gasteiger partial charge < -0.3 is 14.2 Å². The summed E-state index contributed by atoms with van der Waals surface area (Å²) in [5.74, 6) is -5.03. The van der Waals surface area contributed by atoms with E-state index in [-0.39, 0.29) is 28.2 Å². The molecule has 0 spiro atoms. The average molecular weight is 410 g/mol. The van der Waals surface area contributed by atoms with Crippen LogP contribution in [0.2, 0.25) is 0 Å². The smallest absolute Gasteiger partial charge is 0.349 e. The number of ether oxygens (including phenoxy) is 3.